The first kappa shape index (κ1) is 17.9. The van der Waals surface area contributed by atoms with E-state index in [0.29, 0.717) is 29.2 Å². The van der Waals surface area contributed by atoms with Gasteiger partial charge in [-0.2, -0.15) is 5.26 Å². The van der Waals surface area contributed by atoms with E-state index in [0.717, 1.165) is 32.8 Å². The number of carbonyl (C=O) groups is 1. The van der Waals surface area contributed by atoms with Crippen LogP contribution in [-0.2, 0) is 4.74 Å². The third kappa shape index (κ3) is 4.79. The number of aromatic nitrogens is 1. The number of carbonyl (C=O) groups excluding carboxylic acids is 1. The molecule has 2 N–H and O–H groups in total. The molecule has 0 saturated carbocycles. The van der Waals surface area contributed by atoms with E-state index in [2.05, 4.69) is 26.6 Å². The zero-order chi connectivity index (χ0) is 18.2. The number of hydrogen-bond donors (Lipinski definition) is 2. The minimum absolute atomic E-state index is 0.144. The average molecular weight is 351 g/mol. The Hall–Kier alpha value is -2.95. The quantitative estimate of drug-likeness (QED) is 0.824. The molecule has 1 fully saturated rings. The molecule has 2 aromatic rings. The SMILES string of the molecule is N#Cc1ccccc1Nc1ccc(C(=O)NCCN2CCOCC2)cn1. The van der Waals surface area contributed by atoms with Gasteiger partial charge in [-0.3, -0.25) is 9.69 Å². The lowest BCUT2D eigenvalue weighted by Gasteiger charge is -2.26. The highest BCUT2D eigenvalue weighted by atomic mass is 16.5. The fourth-order valence-electron chi connectivity index (χ4n) is 2.68. The second kappa shape index (κ2) is 8.94. The molecule has 1 amide bonds. The first-order valence-corrected chi connectivity index (χ1v) is 8.57. The Balaban J connectivity index is 1.52. The van der Waals surface area contributed by atoms with Gasteiger partial charge in [-0.1, -0.05) is 12.1 Å². The Kier molecular flexibility index (Phi) is 6.14. The second-order valence-electron chi connectivity index (χ2n) is 5.92. The molecule has 1 aromatic carbocycles. The summed E-state index contributed by atoms with van der Waals surface area (Å²) in [6.45, 7) is 4.72. The Labute approximate surface area is 152 Å². The molecule has 0 spiro atoms. The molecule has 0 atom stereocenters. The molecule has 1 aliphatic rings. The maximum absolute atomic E-state index is 12.2. The second-order valence-corrected chi connectivity index (χ2v) is 5.92. The molecular formula is C19H21N5O2. The standard InChI is InChI=1S/C19H21N5O2/c20-13-15-3-1-2-4-17(15)23-18-6-5-16(14-22-18)19(25)21-7-8-24-9-11-26-12-10-24/h1-6,14H,7-12H2,(H,21,25)(H,22,23). The van der Waals surface area contributed by atoms with Crippen LogP contribution >= 0.6 is 0 Å². The van der Waals surface area contributed by atoms with Crippen molar-refractivity contribution in [2.75, 3.05) is 44.7 Å². The van der Waals surface area contributed by atoms with Crippen LogP contribution in [0.15, 0.2) is 42.6 Å². The Morgan fingerprint density at radius 3 is 2.77 bits per heavy atom. The van der Waals surface area contributed by atoms with Gasteiger partial charge in [0.05, 0.1) is 30.0 Å². The van der Waals surface area contributed by atoms with E-state index in [-0.39, 0.29) is 5.91 Å². The van der Waals surface area contributed by atoms with Crippen molar-refractivity contribution in [1.29, 1.82) is 5.26 Å². The molecule has 0 aliphatic carbocycles. The van der Waals surface area contributed by atoms with Crippen molar-refractivity contribution >= 4 is 17.4 Å². The van der Waals surface area contributed by atoms with Gasteiger partial charge in [-0.05, 0) is 24.3 Å². The van der Waals surface area contributed by atoms with Gasteiger partial charge in [0, 0.05) is 32.4 Å². The number of anilines is 2. The van der Waals surface area contributed by atoms with Gasteiger partial charge < -0.3 is 15.4 Å². The summed E-state index contributed by atoms with van der Waals surface area (Å²) < 4.78 is 5.30. The fraction of sp³-hybridized carbons (Fsp3) is 0.316. The van der Waals surface area contributed by atoms with Crippen molar-refractivity contribution in [3.63, 3.8) is 0 Å². The maximum atomic E-state index is 12.2. The zero-order valence-corrected chi connectivity index (χ0v) is 14.4. The molecule has 1 saturated heterocycles. The number of pyridine rings is 1. The van der Waals surface area contributed by atoms with E-state index in [9.17, 15) is 4.79 Å². The van der Waals surface area contributed by atoms with Crippen molar-refractivity contribution in [1.82, 2.24) is 15.2 Å². The number of hydrogen-bond acceptors (Lipinski definition) is 6. The third-order valence-corrected chi connectivity index (χ3v) is 4.15. The Morgan fingerprint density at radius 1 is 1.23 bits per heavy atom. The number of rotatable bonds is 6. The van der Waals surface area contributed by atoms with Crippen LogP contribution in [0.1, 0.15) is 15.9 Å². The Morgan fingerprint density at radius 2 is 2.04 bits per heavy atom. The minimum atomic E-state index is -0.144. The first-order valence-electron chi connectivity index (χ1n) is 8.57. The van der Waals surface area contributed by atoms with Crippen LogP contribution in [0.5, 0.6) is 0 Å². The molecule has 134 valence electrons. The molecule has 1 aliphatic heterocycles. The maximum Gasteiger partial charge on any atom is 0.252 e. The van der Waals surface area contributed by atoms with E-state index in [1.54, 1.807) is 18.2 Å². The fourth-order valence-corrected chi connectivity index (χ4v) is 2.68. The smallest absolute Gasteiger partial charge is 0.252 e. The highest BCUT2D eigenvalue weighted by Crippen LogP contribution is 2.18. The zero-order valence-electron chi connectivity index (χ0n) is 14.4. The van der Waals surface area contributed by atoms with Crippen molar-refractivity contribution in [2.24, 2.45) is 0 Å². The number of amides is 1. The molecule has 0 bridgehead atoms. The summed E-state index contributed by atoms with van der Waals surface area (Å²) in [5.74, 6) is 0.437. The van der Waals surface area contributed by atoms with Crippen LogP contribution in [0, 0.1) is 11.3 Å². The van der Waals surface area contributed by atoms with E-state index in [4.69, 9.17) is 10.00 Å². The van der Waals surface area contributed by atoms with Crippen molar-refractivity contribution in [2.45, 2.75) is 0 Å². The lowest BCUT2D eigenvalue weighted by Crippen LogP contribution is -2.41. The summed E-state index contributed by atoms with van der Waals surface area (Å²) in [6, 6.07) is 12.8. The Bertz CT molecular complexity index is 779. The summed E-state index contributed by atoms with van der Waals surface area (Å²) in [5, 5.41) is 15.1. The molecule has 0 radical (unpaired) electrons. The average Bonchev–Trinajstić information content (AvgIpc) is 2.70. The van der Waals surface area contributed by atoms with Crippen molar-refractivity contribution < 1.29 is 9.53 Å². The van der Waals surface area contributed by atoms with Crippen LogP contribution in [0.25, 0.3) is 0 Å². The van der Waals surface area contributed by atoms with Crippen LogP contribution in [0.2, 0.25) is 0 Å². The molecule has 1 aromatic heterocycles. The highest BCUT2D eigenvalue weighted by molar-refractivity contribution is 5.94. The molecular weight excluding hydrogens is 330 g/mol. The van der Waals surface area contributed by atoms with Gasteiger partial charge in [-0.25, -0.2) is 4.98 Å². The van der Waals surface area contributed by atoms with E-state index >= 15 is 0 Å². The lowest BCUT2D eigenvalue weighted by molar-refractivity contribution is 0.0383. The van der Waals surface area contributed by atoms with Crippen LogP contribution in [0.4, 0.5) is 11.5 Å². The van der Waals surface area contributed by atoms with Crippen molar-refractivity contribution in [3.05, 3.63) is 53.7 Å². The summed E-state index contributed by atoms with van der Waals surface area (Å²) in [7, 11) is 0. The van der Waals surface area contributed by atoms with Gasteiger partial charge in [-0.15, -0.1) is 0 Å². The number of para-hydroxylation sites is 1. The van der Waals surface area contributed by atoms with Crippen molar-refractivity contribution in [3.8, 4) is 6.07 Å². The van der Waals surface area contributed by atoms with E-state index < -0.39 is 0 Å². The first-order chi connectivity index (χ1) is 12.8. The van der Waals surface area contributed by atoms with E-state index in [1.165, 1.54) is 6.20 Å². The summed E-state index contributed by atoms with van der Waals surface area (Å²) in [6.07, 6.45) is 1.53. The topological polar surface area (TPSA) is 90.3 Å². The summed E-state index contributed by atoms with van der Waals surface area (Å²) in [5.41, 5.74) is 1.73. The van der Waals surface area contributed by atoms with Gasteiger partial charge in [0.1, 0.15) is 11.9 Å². The number of nitrogens with one attached hydrogen (secondary N) is 2. The monoisotopic (exact) mass is 351 g/mol. The number of benzene rings is 1. The molecule has 0 unspecified atom stereocenters. The predicted octanol–water partition coefficient (Wildman–Crippen LogP) is 1.76. The van der Waals surface area contributed by atoms with Gasteiger partial charge in [0.2, 0.25) is 0 Å². The summed E-state index contributed by atoms with van der Waals surface area (Å²) >= 11 is 0. The predicted molar refractivity (Wildman–Crippen MR) is 98.3 cm³/mol. The lowest BCUT2D eigenvalue weighted by atomic mass is 10.2. The van der Waals surface area contributed by atoms with Gasteiger partial charge >= 0.3 is 0 Å². The van der Waals surface area contributed by atoms with Crippen LogP contribution in [0.3, 0.4) is 0 Å². The number of nitriles is 1. The molecule has 2 heterocycles. The molecule has 26 heavy (non-hydrogen) atoms. The van der Waals surface area contributed by atoms with Crippen LogP contribution < -0.4 is 10.6 Å². The summed E-state index contributed by atoms with van der Waals surface area (Å²) in [4.78, 5) is 18.7. The number of ether oxygens (including phenoxy) is 1. The normalized spacial score (nSPS) is 14.4. The van der Waals surface area contributed by atoms with Gasteiger partial charge in [0.15, 0.2) is 0 Å². The van der Waals surface area contributed by atoms with Gasteiger partial charge in [0.25, 0.3) is 5.91 Å². The molecule has 7 nitrogen and oxygen atoms in total. The molecule has 7 heteroatoms. The minimum Gasteiger partial charge on any atom is -0.379 e. The third-order valence-electron chi connectivity index (χ3n) is 4.15. The molecule has 3 rings (SSSR count). The largest absolute Gasteiger partial charge is 0.379 e. The highest BCUT2D eigenvalue weighted by Gasteiger charge is 2.11. The van der Waals surface area contributed by atoms with E-state index in [1.807, 2.05) is 18.2 Å². The van der Waals surface area contributed by atoms with Crippen LogP contribution in [-0.4, -0.2) is 55.2 Å². The number of morpholine rings is 1. The number of nitrogens with zero attached hydrogens (tertiary/aromatic N) is 3.